The first kappa shape index (κ1) is 28.3. The van der Waals surface area contributed by atoms with Gasteiger partial charge in [0.05, 0.1) is 5.39 Å². The molecule has 15 heteroatoms. The molecule has 3 aromatic rings. The number of amides is 1. The average molecular weight is 560 g/mol. The quantitative estimate of drug-likeness (QED) is 0.318. The van der Waals surface area contributed by atoms with Gasteiger partial charge in [0.15, 0.2) is 28.3 Å². The van der Waals surface area contributed by atoms with Gasteiger partial charge in [-0.3, -0.25) is 14.2 Å². The molecule has 2 heterocycles. The second kappa shape index (κ2) is 9.23. The molecule has 1 unspecified atom stereocenters. The van der Waals surface area contributed by atoms with E-state index in [-0.39, 0.29) is 12.1 Å². The molecule has 1 aromatic carbocycles. The zero-order chi connectivity index (χ0) is 28.2. The SMILES string of the molecule is CC(C)(C)C(NC(=O)c1cn(-c2c(F)cc(F)cc2F)c2nc(Cl)c(F)cc2c1=O)C(F)(F)C(F)(F)F. The summed E-state index contributed by atoms with van der Waals surface area (Å²) < 4.78 is 125. The molecule has 1 amide bonds. The number of benzene rings is 1. The number of carbonyl (C=O) groups is 1. The molecule has 5 nitrogen and oxygen atoms in total. The lowest BCUT2D eigenvalue weighted by atomic mass is 9.82. The number of aromatic nitrogens is 2. The predicted molar refractivity (Wildman–Crippen MR) is 114 cm³/mol. The molecule has 200 valence electrons. The lowest BCUT2D eigenvalue weighted by molar-refractivity contribution is -0.300. The molecule has 0 aliphatic carbocycles. The van der Waals surface area contributed by atoms with Crippen LogP contribution in [0.2, 0.25) is 5.15 Å². The molecule has 0 saturated heterocycles. The summed E-state index contributed by atoms with van der Waals surface area (Å²) >= 11 is 5.60. The van der Waals surface area contributed by atoms with E-state index in [1.54, 1.807) is 0 Å². The second-order valence-electron chi connectivity index (χ2n) is 8.99. The molecular weight excluding hydrogens is 545 g/mol. The third-order valence-electron chi connectivity index (χ3n) is 5.24. The number of nitrogens with zero attached hydrogens (tertiary/aromatic N) is 2. The van der Waals surface area contributed by atoms with Crippen LogP contribution in [0.4, 0.5) is 39.5 Å². The zero-order valence-electron chi connectivity index (χ0n) is 18.9. The molecule has 0 saturated carbocycles. The maximum Gasteiger partial charge on any atom is 0.455 e. The predicted octanol–water partition coefficient (Wildman–Crippen LogP) is 5.94. The topological polar surface area (TPSA) is 64.0 Å². The minimum atomic E-state index is -6.11. The first-order valence-corrected chi connectivity index (χ1v) is 10.5. The summed E-state index contributed by atoms with van der Waals surface area (Å²) in [5, 5.41) is -0.258. The van der Waals surface area contributed by atoms with Crippen molar-refractivity contribution in [2.75, 3.05) is 0 Å². The highest BCUT2D eigenvalue weighted by atomic mass is 35.5. The van der Waals surface area contributed by atoms with Gasteiger partial charge in [-0.15, -0.1) is 0 Å². The van der Waals surface area contributed by atoms with E-state index in [1.807, 2.05) is 0 Å². The van der Waals surface area contributed by atoms with Gasteiger partial charge in [0.1, 0.15) is 23.1 Å². The standard InChI is InChI=1S/C22H15ClF9N3O2/c1-20(2,3)19(21(28,29)22(30,31)32)34-18(37)10-7-35(14-11(25)4-8(24)5-12(14)26)17-9(15(10)36)6-13(27)16(23)33-17/h4-7,19H,1-3H3,(H,34,37). The largest absolute Gasteiger partial charge is 0.455 e. The molecule has 0 aliphatic rings. The number of fused-ring (bicyclic) bond motifs is 1. The first-order chi connectivity index (χ1) is 16.8. The van der Waals surface area contributed by atoms with Crippen molar-refractivity contribution in [1.82, 2.24) is 14.9 Å². The molecule has 0 aliphatic heterocycles. The third kappa shape index (κ3) is 5.11. The van der Waals surface area contributed by atoms with Crippen LogP contribution in [0.5, 0.6) is 0 Å². The van der Waals surface area contributed by atoms with Crippen LogP contribution >= 0.6 is 11.6 Å². The van der Waals surface area contributed by atoms with E-state index in [0.717, 1.165) is 20.8 Å². The van der Waals surface area contributed by atoms with Crippen LogP contribution in [0.25, 0.3) is 16.7 Å². The number of alkyl halides is 5. The zero-order valence-corrected chi connectivity index (χ0v) is 19.6. The normalized spacial score (nSPS) is 13.6. The highest BCUT2D eigenvalue weighted by Gasteiger charge is 2.65. The van der Waals surface area contributed by atoms with E-state index < -0.39 is 85.6 Å². The van der Waals surface area contributed by atoms with E-state index in [2.05, 4.69) is 4.98 Å². The lowest BCUT2D eigenvalue weighted by Crippen LogP contribution is -2.61. The van der Waals surface area contributed by atoms with Gasteiger partial charge >= 0.3 is 12.1 Å². The Morgan fingerprint density at radius 2 is 1.51 bits per heavy atom. The number of hydrogen-bond donors (Lipinski definition) is 1. The third-order valence-corrected chi connectivity index (χ3v) is 5.50. The number of halogens is 10. The monoisotopic (exact) mass is 559 g/mol. The number of nitrogens with one attached hydrogen (secondary N) is 1. The Kier molecular flexibility index (Phi) is 7.05. The first-order valence-electron chi connectivity index (χ1n) is 10.1. The Morgan fingerprint density at radius 1 is 0.973 bits per heavy atom. The Morgan fingerprint density at radius 3 is 2.00 bits per heavy atom. The van der Waals surface area contributed by atoms with Gasteiger partial charge in [0.25, 0.3) is 5.91 Å². The Labute approximate surface area is 206 Å². The van der Waals surface area contributed by atoms with E-state index >= 15 is 0 Å². The Bertz CT molecular complexity index is 1440. The molecule has 37 heavy (non-hydrogen) atoms. The fourth-order valence-corrected chi connectivity index (χ4v) is 3.66. The summed E-state index contributed by atoms with van der Waals surface area (Å²) in [6.45, 7) is 2.88. The molecule has 1 N–H and O–H groups in total. The fraction of sp³-hybridized carbons (Fsp3) is 0.318. The smallest absolute Gasteiger partial charge is 0.342 e. The van der Waals surface area contributed by atoms with Crippen LogP contribution < -0.4 is 10.7 Å². The molecule has 0 bridgehead atoms. The molecule has 0 radical (unpaired) electrons. The van der Waals surface area contributed by atoms with Crippen molar-refractivity contribution in [3.63, 3.8) is 0 Å². The van der Waals surface area contributed by atoms with Crippen LogP contribution in [0.15, 0.2) is 29.2 Å². The highest BCUT2D eigenvalue weighted by Crippen LogP contribution is 2.43. The summed E-state index contributed by atoms with van der Waals surface area (Å²) in [5.41, 5.74) is -6.43. The molecule has 3 rings (SSSR count). The summed E-state index contributed by atoms with van der Waals surface area (Å²) in [4.78, 5) is 29.3. The Balaban J connectivity index is 2.32. The van der Waals surface area contributed by atoms with Gasteiger partial charge in [-0.2, -0.15) is 22.0 Å². The molecule has 0 spiro atoms. The van der Waals surface area contributed by atoms with Gasteiger partial charge in [0.2, 0.25) is 5.43 Å². The van der Waals surface area contributed by atoms with E-state index in [4.69, 9.17) is 11.6 Å². The van der Waals surface area contributed by atoms with Gasteiger partial charge < -0.3 is 5.32 Å². The van der Waals surface area contributed by atoms with Crippen molar-refractivity contribution in [2.45, 2.75) is 38.9 Å². The molecule has 2 aromatic heterocycles. The minimum absolute atomic E-state index is 0.215. The van der Waals surface area contributed by atoms with Crippen molar-refractivity contribution in [3.8, 4) is 5.69 Å². The van der Waals surface area contributed by atoms with E-state index in [9.17, 15) is 49.1 Å². The van der Waals surface area contributed by atoms with Gasteiger partial charge in [-0.25, -0.2) is 22.5 Å². The van der Waals surface area contributed by atoms with Crippen molar-refractivity contribution < 1.29 is 44.3 Å². The van der Waals surface area contributed by atoms with E-state index in [0.29, 0.717) is 16.8 Å². The summed E-state index contributed by atoms with van der Waals surface area (Å²) in [6.07, 6.45) is -5.72. The highest BCUT2D eigenvalue weighted by molar-refractivity contribution is 6.29. The molecule has 0 fully saturated rings. The summed E-state index contributed by atoms with van der Waals surface area (Å²) in [6, 6.07) is -2.07. The average Bonchev–Trinajstić information content (AvgIpc) is 2.72. The van der Waals surface area contributed by atoms with E-state index in [1.165, 1.54) is 5.32 Å². The van der Waals surface area contributed by atoms with Gasteiger partial charge in [0, 0.05) is 18.3 Å². The van der Waals surface area contributed by atoms with Crippen molar-refractivity contribution in [1.29, 1.82) is 0 Å². The van der Waals surface area contributed by atoms with Crippen molar-refractivity contribution >= 4 is 28.5 Å². The number of carbonyl (C=O) groups excluding carboxylic acids is 1. The summed E-state index contributed by atoms with van der Waals surface area (Å²) in [5.74, 6) is -13.2. The number of pyridine rings is 2. The van der Waals surface area contributed by atoms with Crippen LogP contribution in [-0.2, 0) is 0 Å². The number of hydrogen-bond acceptors (Lipinski definition) is 3. The lowest BCUT2D eigenvalue weighted by Gasteiger charge is -2.37. The minimum Gasteiger partial charge on any atom is -0.342 e. The fourth-order valence-electron chi connectivity index (χ4n) is 3.52. The molecular formula is C22H15ClF9N3O2. The van der Waals surface area contributed by atoms with Gasteiger partial charge in [-0.05, 0) is 11.5 Å². The van der Waals surface area contributed by atoms with Gasteiger partial charge in [-0.1, -0.05) is 32.4 Å². The maximum absolute atomic E-state index is 14.6. The van der Waals surface area contributed by atoms with Crippen molar-refractivity contribution in [3.05, 3.63) is 68.6 Å². The second-order valence-corrected chi connectivity index (χ2v) is 9.34. The maximum atomic E-state index is 14.6. The van der Waals surface area contributed by atoms with Crippen LogP contribution in [0.1, 0.15) is 31.1 Å². The van der Waals surface area contributed by atoms with Crippen LogP contribution in [-0.4, -0.2) is 33.6 Å². The van der Waals surface area contributed by atoms with Crippen LogP contribution in [0.3, 0.4) is 0 Å². The Hall–Kier alpha value is -3.29. The molecule has 1 atom stereocenters. The van der Waals surface area contributed by atoms with Crippen molar-refractivity contribution in [2.24, 2.45) is 5.41 Å². The summed E-state index contributed by atoms with van der Waals surface area (Å²) in [7, 11) is 0. The number of rotatable bonds is 4. The van der Waals surface area contributed by atoms with Crippen LogP contribution in [0, 0.1) is 28.7 Å².